The first-order valence-corrected chi connectivity index (χ1v) is 5.90. The Morgan fingerprint density at radius 3 is 2.57 bits per heavy atom. The van der Waals surface area contributed by atoms with Crippen molar-refractivity contribution in [1.29, 1.82) is 0 Å². The number of rotatable bonds is 5. The minimum Gasteiger partial charge on any atom is -0.319 e. The molecule has 0 radical (unpaired) electrons. The van der Waals surface area contributed by atoms with E-state index in [9.17, 15) is 4.79 Å². The zero-order valence-corrected chi connectivity index (χ0v) is 9.56. The van der Waals surface area contributed by atoms with Gasteiger partial charge in [-0.15, -0.1) is 0 Å². The second-order valence-electron chi connectivity index (χ2n) is 3.59. The van der Waals surface area contributed by atoms with Gasteiger partial charge in [0, 0.05) is 6.42 Å². The van der Waals surface area contributed by atoms with E-state index in [0.29, 0.717) is 19.3 Å². The Morgan fingerprint density at radius 1 is 1.50 bits per heavy atom. The number of hydrogen-bond donors (Lipinski definition) is 1. The number of nitrogens with two attached hydrogens (primary N) is 1. The summed E-state index contributed by atoms with van der Waals surface area (Å²) in [6, 6.07) is 1.98. The molecule has 0 unspecified atom stereocenters. The average Bonchev–Trinajstić information content (AvgIpc) is 2.69. The number of hydrogen-bond acceptors (Lipinski definition) is 3. The second-order valence-corrected chi connectivity index (χ2v) is 4.37. The Morgan fingerprint density at radius 2 is 2.14 bits per heavy atom. The Labute approximate surface area is 89.1 Å². The highest BCUT2D eigenvalue weighted by Crippen LogP contribution is 2.17. The summed E-state index contributed by atoms with van der Waals surface area (Å²) in [5.41, 5.74) is 6.47. The summed E-state index contributed by atoms with van der Waals surface area (Å²) in [6.07, 6.45) is 1.90. The zero-order chi connectivity index (χ0) is 10.6. The molecule has 1 heterocycles. The van der Waals surface area contributed by atoms with E-state index in [1.165, 1.54) is 0 Å². The first-order valence-electron chi connectivity index (χ1n) is 4.95. The summed E-state index contributed by atoms with van der Waals surface area (Å²) in [5.74, 6) is 0.154. The summed E-state index contributed by atoms with van der Waals surface area (Å²) in [4.78, 5) is 11.9. The van der Waals surface area contributed by atoms with Crippen molar-refractivity contribution in [3.63, 3.8) is 0 Å². The maximum absolute atomic E-state index is 11.9. The van der Waals surface area contributed by atoms with Crippen LogP contribution < -0.4 is 5.73 Å². The van der Waals surface area contributed by atoms with Gasteiger partial charge in [0.15, 0.2) is 5.78 Å². The number of carbonyl (C=O) groups excluding carboxylic acids is 1. The number of ketones is 1. The van der Waals surface area contributed by atoms with Crippen molar-refractivity contribution in [2.75, 3.05) is 0 Å². The van der Waals surface area contributed by atoms with E-state index in [2.05, 4.69) is 0 Å². The third-order valence-corrected chi connectivity index (χ3v) is 3.49. The van der Waals surface area contributed by atoms with Crippen LogP contribution in [0.3, 0.4) is 0 Å². The molecule has 2 N–H and O–H groups in total. The van der Waals surface area contributed by atoms with Gasteiger partial charge in [0.05, 0.1) is 5.54 Å². The van der Waals surface area contributed by atoms with Crippen LogP contribution in [0.4, 0.5) is 0 Å². The van der Waals surface area contributed by atoms with Gasteiger partial charge < -0.3 is 5.73 Å². The Balaban J connectivity index is 2.66. The van der Waals surface area contributed by atoms with Crippen LogP contribution in [0.5, 0.6) is 0 Å². The van der Waals surface area contributed by atoms with Crippen LogP contribution in [0.15, 0.2) is 16.8 Å². The van der Waals surface area contributed by atoms with E-state index in [-0.39, 0.29) is 5.78 Å². The standard InChI is InChI=1S/C11H17NOS/c1-3-11(12,4-2)10(13)7-9-5-6-14-8-9/h5-6,8H,3-4,7,12H2,1-2H3. The topological polar surface area (TPSA) is 43.1 Å². The van der Waals surface area contributed by atoms with E-state index in [4.69, 9.17) is 5.73 Å². The van der Waals surface area contributed by atoms with Gasteiger partial charge in [-0.25, -0.2) is 0 Å². The van der Waals surface area contributed by atoms with Crippen molar-refractivity contribution in [2.24, 2.45) is 5.73 Å². The predicted octanol–water partition coefficient (Wildman–Crippen LogP) is 2.38. The molecule has 0 aliphatic heterocycles. The van der Waals surface area contributed by atoms with Crippen LogP contribution in [-0.2, 0) is 11.2 Å². The van der Waals surface area contributed by atoms with E-state index in [1.54, 1.807) is 11.3 Å². The minimum absolute atomic E-state index is 0.154. The van der Waals surface area contributed by atoms with E-state index in [0.717, 1.165) is 5.56 Å². The lowest BCUT2D eigenvalue weighted by molar-refractivity contribution is -0.123. The van der Waals surface area contributed by atoms with Crippen molar-refractivity contribution < 1.29 is 4.79 Å². The normalized spacial score (nSPS) is 11.6. The molecular weight excluding hydrogens is 194 g/mol. The molecule has 1 rings (SSSR count). The van der Waals surface area contributed by atoms with Gasteiger partial charge in [-0.05, 0) is 35.2 Å². The zero-order valence-electron chi connectivity index (χ0n) is 8.75. The fourth-order valence-corrected chi connectivity index (χ4v) is 2.07. The van der Waals surface area contributed by atoms with Gasteiger partial charge >= 0.3 is 0 Å². The third-order valence-electron chi connectivity index (χ3n) is 2.76. The van der Waals surface area contributed by atoms with Gasteiger partial charge in [-0.1, -0.05) is 13.8 Å². The molecule has 3 heteroatoms. The van der Waals surface area contributed by atoms with Gasteiger partial charge in [0.2, 0.25) is 0 Å². The molecule has 0 bridgehead atoms. The fourth-order valence-electron chi connectivity index (χ4n) is 1.40. The van der Waals surface area contributed by atoms with Crippen molar-refractivity contribution in [2.45, 2.75) is 38.6 Å². The molecule has 0 atom stereocenters. The maximum Gasteiger partial charge on any atom is 0.157 e. The minimum atomic E-state index is -0.623. The Hall–Kier alpha value is -0.670. The molecule has 2 nitrogen and oxygen atoms in total. The first-order chi connectivity index (χ1) is 6.62. The van der Waals surface area contributed by atoms with Crippen molar-refractivity contribution >= 4 is 17.1 Å². The molecular formula is C11H17NOS. The van der Waals surface area contributed by atoms with Gasteiger partial charge in [-0.3, -0.25) is 4.79 Å². The summed E-state index contributed by atoms with van der Waals surface area (Å²) in [7, 11) is 0. The number of Topliss-reactive ketones (excluding diaryl/α,β-unsaturated/α-hetero) is 1. The number of carbonyl (C=O) groups is 1. The van der Waals surface area contributed by atoms with Crippen molar-refractivity contribution in [3.8, 4) is 0 Å². The van der Waals surface area contributed by atoms with Crippen molar-refractivity contribution in [3.05, 3.63) is 22.4 Å². The quantitative estimate of drug-likeness (QED) is 0.812. The summed E-state index contributed by atoms with van der Waals surface area (Å²) in [5, 5.41) is 3.99. The molecule has 14 heavy (non-hydrogen) atoms. The molecule has 0 spiro atoms. The van der Waals surface area contributed by atoms with Crippen LogP contribution in [0, 0.1) is 0 Å². The first kappa shape index (κ1) is 11.4. The van der Waals surface area contributed by atoms with Crippen LogP contribution in [-0.4, -0.2) is 11.3 Å². The van der Waals surface area contributed by atoms with Crippen molar-refractivity contribution in [1.82, 2.24) is 0 Å². The van der Waals surface area contributed by atoms with Gasteiger partial charge in [0.1, 0.15) is 0 Å². The molecule has 0 aromatic carbocycles. The predicted molar refractivity (Wildman–Crippen MR) is 60.5 cm³/mol. The molecule has 0 fully saturated rings. The van der Waals surface area contributed by atoms with Gasteiger partial charge in [0.25, 0.3) is 0 Å². The van der Waals surface area contributed by atoms with E-state index >= 15 is 0 Å². The molecule has 0 saturated heterocycles. The largest absolute Gasteiger partial charge is 0.319 e. The molecule has 0 saturated carbocycles. The van der Waals surface area contributed by atoms with E-state index in [1.807, 2.05) is 30.7 Å². The SMILES string of the molecule is CCC(N)(CC)C(=O)Cc1ccsc1. The monoisotopic (exact) mass is 211 g/mol. The highest BCUT2D eigenvalue weighted by atomic mass is 32.1. The molecule has 0 aliphatic carbocycles. The van der Waals surface area contributed by atoms with E-state index < -0.39 is 5.54 Å². The van der Waals surface area contributed by atoms with Crippen LogP contribution in [0.25, 0.3) is 0 Å². The second kappa shape index (κ2) is 4.71. The smallest absolute Gasteiger partial charge is 0.157 e. The molecule has 1 aromatic heterocycles. The molecule has 0 aliphatic rings. The van der Waals surface area contributed by atoms with Crippen LogP contribution in [0.1, 0.15) is 32.3 Å². The maximum atomic E-state index is 11.9. The van der Waals surface area contributed by atoms with Crippen LogP contribution >= 0.6 is 11.3 Å². The summed E-state index contributed by atoms with van der Waals surface area (Å²) in [6.45, 7) is 3.93. The van der Waals surface area contributed by atoms with Gasteiger partial charge in [-0.2, -0.15) is 11.3 Å². The highest BCUT2D eigenvalue weighted by molar-refractivity contribution is 7.08. The molecule has 1 aromatic rings. The summed E-state index contributed by atoms with van der Waals surface area (Å²) >= 11 is 1.61. The highest BCUT2D eigenvalue weighted by Gasteiger charge is 2.29. The lowest BCUT2D eigenvalue weighted by Crippen LogP contribution is -2.47. The number of thiophene rings is 1. The summed E-state index contributed by atoms with van der Waals surface area (Å²) < 4.78 is 0. The lowest BCUT2D eigenvalue weighted by Gasteiger charge is -2.24. The van der Waals surface area contributed by atoms with Crippen LogP contribution in [0.2, 0.25) is 0 Å². The third kappa shape index (κ3) is 2.42. The Kier molecular flexibility index (Phi) is 3.84. The lowest BCUT2D eigenvalue weighted by atomic mass is 9.86. The Bertz CT molecular complexity index is 288. The molecule has 78 valence electrons. The molecule has 0 amide bonds. The average molecular weight is 211 g/mol. The fraction of sp³-hybridized carbons (Fsp3) is 0.545.